The maximum absolute atomic E-state index is 11.3. The Morgan fingerprint density at radius 1 is 1.25 bits per heavy atom. The third kappa shape index (κ3) is 3.96. The van der Waals surface area contributed by atoms with E-state index in [4.69, 9.17) is 4.42 Å². The summed E-state index contributed by atoms with van der Waals surface area (Å²) in [6.07, 6.45) is 0.950. The highest BCUT2D eigenvalue weighted by molar-refractivity contribution is 5.86. The summed E-state index contributed by atoms with van der Waals surface area (Å²) in [5, 5.41) is 3.37. The normalized spacial score (nSPS) is 12.1. The van der Waals surface area contributed by atoms with Crippen LogP contribution in [0.15, 0.2) is 46.9 Å². The molecule has 0 aliphatic carbocycles. The molecule has 0 saturated carbocycles. The van der Waals surface area contributed by atoms with Crippen molar-refractivity contribution in [3.8, 4) is 0 Å². The Morgan fingerprint density at radius 2 is 2.00 bits per heavy atom. The van der Waals surface area contributed by atoms with Gasteiger partial charge in [-0.1, -0.05) is 30.3 Å². The molecule has 1 aromatic carbocycles. The Balaban J connectivity index is 1.83. The Bertz CT molecular complexity index is 548. The van der Waals surface area contributed by atoms with Crippen LogP contribution in [0, 0.1) is 0 Å². The van der Waals surface area contributed by atoms with Gasteiger partial charge < -0.3 is 14.5 Å². The van der Waals surface area contributed by atoms with Gasteiger partial charge in [0.25, 0.3) is 0 Å². The van der Waals surface area contributed by atoms with Gasteiger partial charge in [0, 0.05) is 6.04 Å². The van der Waals surface area contributed by atoms with Gasteiger partial charge in [0.1, 0.15) is 5.76 Å². The fraction of sp³-hybridized carbons (Fsp3) is 0.312. The summed E-state index contributed by atoms with van der Waals surface area (Å²) in [6, 6.07) is 14.1. The fourth-order valence-corrected chi connectivity index (χ4v) is 2.00. The minimum atomic E-state index is -0.450. The summed E-state index contributed by atoms with van der Waals surface area (Å²) < 4.78 is 10.0. The van der Waals surface area contributed by atoms with Gasteiger partial charge in [-0.25, -0.2) is 4.79 Å². The lowest BCUT2D eigenvalue weighted by Crippen LogP contribution is -2.27. The van der Waals surface area contributed by atoms with Gasteiger partial charge >= 0.3 is 5.97 Å². The minimum Gasteiger partial charge on any atom is -0.463 e. The summed E-state index contributed by atoms with van der Waals surface area (Å²) in [5.74, 6) is 0.513. The van der Waals surface area contributed by atoms with Crippen LogP contribution in [0.5, 0.6) is 0 Å². The Morgan fingerprint density at radius 3 is 2.70 bits per heavy atom. The molecule has 1 N–H and O–H groups in total. The van der Waals surface area contributed by atoms with Gasteiger partial charge in [0.2, 0.25) is 5.76 Å². The van der Waals surface area contributed by atoms with Crippen molar-refractivity contribution in [3.63, 3.8) is 0 Å². The molecule has 0 amide bonds. The SMILES string of the molecule is COC(=O)c1ccc(CNC(C)Cc2ccccc2)o1. The summed E-state index contributed by atoms with van der Waals surface area (Å²) >= 11 is 0. The molecule has 1 unspecified atom stereocenters. The highest BCUT2D eigenvalue weighted by Gasteiger charge is 2.11. The quantitative estimate of drug-likeness (QED) is 0.822. The van der Waals surface area contributed by atoms with Crippen molar-refractivity contribution in [1.82, 2.24) is 5.32 Å². The molecule has 4 heteroatoms. The number of esters is 1. The molecule has 20 heavy (non-hydrogen) atoms. The lowest BCUT2D eigenvalue weighted by atomic mass is 10.1. The van der Waals surface area contributed by atoms with Crippen LogP contribution < -0.4 is 5.32 Å². The molecule has 1 heterocycles. The first-order valence-electron chi connectivity index (χ1n) is 6.63. The Hall–Kier alpha value is -2.07. The number of methoxy groups -OCH3 is 1. The molecular formula is C16H19NO3. The van der Waals surface area contributed by atoms with E-state index in [-0.39, 0.29) is 5.76 Å². The molecule has 0 saturated heterocycles. The van der Waals surface area contributed by atoms with Gasteiger partial charge in [-0.3, -0.25) is 0 Å². The highest BCUT2D eigenvalue weighted by atomic mass is 16.5. The summed E-state index contributed by atoms with van der Waals surface area (Å²) in [4.78, 5) is 11.3. The largest absolute Gasteiger partial charge is 0.463 e. The molecule has 0 fully saturated rings. The lowest BCUT2D eigenvalue weighted by Gasteiger charge is -2.12. The zero-order valence-corrected chi connectivity index (χ0v) is 11.8. The van der Waals surface area contributed by atoms with Crippen LogP contribution in [0.4, 0.5) is 0 Å². The number of hydrogen-bond donors (Lipinski definition) is 1. The summed E-state index contributed by atoms with van der Waals surface area (Å²) in [5.41, 5.74) is 1.29. The monoisotopic (exact) mass is 273 g/mol. The van der Waals surface area contributed by atoms with Crippen molar-refractivity contribution >= 4 is 5.97 Å². The molecular weight excluding hydrogens is 254 g/mol. The van der Waals surface area contributed by atoms with Crippen molar-refractivity contribution in [2.75, 3.05) is 7.11 Å². The number of rotatable bonds is 6. The minimum absolute atomic E-state index is 0.236. The van der Waals surface area contributed by atoms with Crippen molar-refractivity contribution < 1.29 is 13.9 Å². The van der Waals surface area contributed by atoms with Crippen LogP contribution in [0.3, 0.4) is 0 Å². The number of furan rings is 1. The second-order valence-corrected chi connectivity index (χ2v) is 4.73. The number of carbonyl (C=O) groups is 1. The van der Waals surface area contributed by atoms with E-state index in [9.17, 15) is 4.79 Å². The Labute approximate surface area is 118 Å². The van der Waals surface area contributed by atoms with E-state index in [2.05, 4.69) is 29.1 Å². The van der Waals surface area contributed by atoms with Crippen molar-refractivity contribution in [2.24, 2.45) is 0 Å². The first kappa shape index (κ1) is 14.3. The van der Waals surface area contributed by atoms with E-state index in [0.29, 0.717) is 12.6 Å². The van der Waals surface area contributed by atoms with Crippen molar-refractivity contribution in [2.45, 2.75) is 25.9 Å². The average molecular weight is 273 g/mol. The standard InChI is InChI=1S/C16H19NO3/c1-12(10-13-6-4-3-5-7-13)17-11-14-8-9-15(20-14)16(18)19-2/h3-9,12,17H,10-11H2,1-2H3. The maximum Gasteiger partial charge on any atom is 0.373 e. The van der Waals surface area contributed by atoms with E-state index in [1.165, 1.54) is 12.7 Å². The molecule has 0 spiro atoms. The summed E-state index contributed by atoms with van der Waals surface area (Å²) in [6.45, 7) is 2.71. The van der Waals surface area contributed by atoms with Gasteiger partial charge in [0.05, 0.1) is 13.7 Å². The van der Waals surface area contributed by atoms with E-state index in [0.717, 1.165) is 12.2 Å². The van der Waals surface area contributed by atoms with Crippen molar-refractivity contribution in [1.29, 1.82) is 0 Å². The van der Waals surface area contributed by atoms with Gasteiger partial charge in [-0.15, -0.1) is 0 Å². The zero-order chi connectivity index (χ0) is 14.4. The maximum atomic E-state index is 11.3. The first-order chi connectivity index (χ1) is 9.69. The average Bonchev–Trinajstić information content (AvgIpc) is 2.94. The second kappa shape index (κ2) is 6.91. The Kier molecular flexibility index (Phi) is 4.96. The lowest BCUT2D eigenvalue weighted by molar-refractivity contribution is 0.0563. The van der Waals surface area contributed by atoms with Gasteiger partial charge in [0.15, 0.2) is 0 Å². The summed E-state index contributed by atoms with van der Waals surface area (Å²) in [7, 11) is 1.34. The van der Waals surface area contributed by atoms with Crippen LogP contribution in [-0.2, 0) is 17.7 Å². The number of ether oxygens (including phenoxy) is 1. The third-order valence-corrected chi connectivity index (χ3v) is 3.06. The third-order valence-electron chi connectivity index (χ3n) is 3.06. The zero-order valence-electron chi connectivity index (χ0n) is 11.8. The molecule has 4 nitrogen and oxygen atoms in total. The van der Waals surface area contributed by atoms with Crippen LogP contribution in [0.1, 0.15) is 28.8 Å². The molecule has 0 aliphatic heterocycles. The van der Waals surface area contributed by atoms with Crippen LogP contribution in [0.2, 0.25) is 0 Å². The number of carbonyl (C=O) groups excluding carboxylic acids is 1. The number of hydrogen-bond acceptors (Lipinski definition) is 4. The molecule has 2 aromatic rings. The predicted octanol–water partition coefficient (Wildman–Crippen LogP) is 2.79. The predicted molar refractivity (Wildman–Crippen MR) is 76.5 cm³/mol. The molecule has 106 valence electrons. The van der Waals surface area contributed by atoms with Crippen LogP contribution >= 0.6 is 0 Å². The van der Waals surface area contributed by atoms with E-state index in [1.54, 1.807) is 12.1 Å². The van der Waals surface area contributed by atoms with E-state index in [1.807, 2.05) is 18.2 Å². The number of benzene rings is 1. The van der Waals surface area contributed by atoms with Gasteiger partial charge in [-0.2, -0.15) is 0 Å². The van der Waals surface area contributed by atoms with E-state index < -0.39 is 5.97 Å². The smallest absolute Gasteiger partial charge is 0.373 e. The second-order valence-electron chi connectivity index (χ2n) is 4.73. The first-order valence-corrected chi connectivity index (χ1v) is 6.63. The molecule has 0 radical (unpaired) electrons. The fourth-order valence-electron chi connectivity index (χ4n) is 2.00. The molecule has 1 atom stereocenters. The highest BCUT2D eigenvalue weighted by Crippen LogP contribution is 2.10. The number of nitrogens with one attached hydrogen (secondary N) is 1. The van der Waals surface area contributed by atoms with Gasteiger partial charge in [-0.05, 0) is 31.0 Å². The molecule has 0 aliphatic rings. The topological polar surface area (TPSA) is 51.5 Å². The van der Waals surface area contributed by atoms with Crippen LogP contribution in [0.25, 0.3) is 0 Å². The van der Waals surface area contributed by atoms with Crippen molar-refractivity contribution in [3.05, 3.63) is 59.5 Å². The molecule has 1 aromatic heterocycles. The molecule has 0 bridgehead atoms. The van der Waals surface area contributed by atoms with Crippen LogP contribution in [-0.4, -0.2) is 19.1 Å². The van der Waals surface area contributed by atoms with E-state index >= 15 is 0 Å². The molecule has 2 rings (SSSR count).